The molecule has 28 heavy (non-hydrogen) atoms. The van der Waals surface area contributed by atoms with Crippen LogP contribution in [0.15, 0.2) is 36.4 Å². The lowest BCUT2D eigenvalue weighted by Gasteiger charge is -2.29. The summed E-state index contributed by atoms with van der Waals surface area (Å²) in [5.41, 5.74) is 1.40. The summed E-state index contributed by atoms with van der Waals surface area (Å²) in [7, 11) is 0. The minimum absolute atomic E-state index is 0.0752. The van der Waals surface area contributed by atoms with E-state index >= 15 is 0 Å². The SMILES string of the molecule is CCNC(=O)[C@H](C)N(Cc1ccc(Cl)cc1Cl)C(=O)Cc1ccc(Cl)c(Cl)c1. The zero-order valence-electron chi connectivity index (χ0n) is 15.4. The average molecular weight is 462 g/mol. The van der Waals surface area contributed by atoms with Crippen molar-refractivity contribution in [2.24, 2.45) is 0 Å². The van der Waals surface area contributed by atoms with Crippen LogP contribution in [-0.2, 0) is 22.6 Å². The van der Waals surface area contributed by atoms with Gasteiger partial charge in [-0.05, 0) is 49.2 Å². The summed E-state index contributed by atoms with van der Waals surface area (Å²) < 4.78 is 0. The highest BCUT2D eigenvalue weighted by Gasteiger charge is 2.26. The number of amides is 2. The van der Waals surface area contributed by atoms with Crippen LogP contribution < -0.4 is 5.32 Å². The summed E-state index contributed by atoms with van der Waals surface area (Å²) in [5, 5.41) is 4.46. The molecule has 0 saturated carbocycles. The quantitative estimate of drug-likeness (QED) is 0.600. The molecule has 2 aromatic carbocycles. The zero-order valence-corrected chi connectivity index (χ0v) is 18.5. The van der Waals surface area contributed by atoms with E-state index in [0.717, 1.165) is 0 Å². The smallest absolute Gasteiger partial charge is 0.242 e. The van der Waals surface area contributed by atoms with Crippen molar-refractivity contribution in [3.05, 3.63) is 67.6 Å². The molecule has 0 spiro atoms. The molecule has 2 rings (SSSR count). The molecule has 0 heterocycles. The molecule has 0 aliphatic rings. The lowest BCUT2D eigenvalue weighted by molar-refractivity contribution is -0.140. The Labute approximate surface area is 184 Å². The number of hydrogen-bond donors (Lipinski definition) is 1. The van der Waals surface area contributed by atoms with Crippen molar-refractivity contribution in [1.82, 2.24) is 10.2 Å². The maximum absolute atomic E-state index is 13.0. The minimum Gasteiger partial charge on any atom is -0.355 e. The molecular weight excluding hydrogens is 442 g/mol. The fourth-order valence-corrected chi connectivity index (χ4v) is 3.45. The van der Waals surface area contributed by atoms with E-state index in [9.17, 15) is 9.59 Å². The topological polar surface area (TPSA) is 49.4 Å². The van der Waals surface area contributed by atoms with Gasteiger partial charge in [0.15, 0.2) is 0 Å². The predicted molar refractivity (Wildman–Crippen MR) is 115 cm³/mol. The summed E-state index contributed by atoms with van der Waals surface area (Å²) in [6.45, 7) is 4.15. The highest BCUT2D eigenvalue weighted by atomic mass is 35.5. The molecule has 0 fully saturated rings. The Kier molecular flexibility index (Phi) is 8.44. The van der Waals surface area contributed by atoms with E-state index in [-0.39, 0.29) is 24.8 Å². The Hall–Kier alpha value is -1.46. The number of carbonyl (C=O) groups is 2. The van der Waals surface area contributed by atoms with Gasteiger partial charge in [-0.1, -0.05) is 58.5 Å². The van der Waals surface area contributed by atoms with Gasteiger partial charge in [0.05, 0.1) is 16.5 Å². The number of nitrogens with one attached hydrogen (secondary N) is 1. The van der Waals surface area contributed by atoms with E-state index in [4.69, 9.17) is 46.4 Å². The molecule has 0 aliphatic carbocycles. The molecule has 0 saturated heterocycles. The molecule has 8 heteroatoms. The second-order valence-electron chi connectivity index (χ2n) is 6.25. The number of rotatable bonds is 7. The van der Waals surface area contributed by atoms with Gasteiger partial charge in [0.1, 0.15) is 6.04 Å². The third-order valence-corrected chi connectivity index (χ3v) is 5.54. The van der Waals surface area contributed by atoms with Gasteiger partial charge >= 0.3 is 0 Å². The Morgan fingerprint density at radius 2 is 1.71 bits per heavy atom. The number of nitrogens with zero attached hydrogens (tertiary/aromatic N) is 1. The standard InChI is InChI=1S/C20H20Cl4N2O2/c1-3-25-20(28)12(2)26(11-14-5-6-15(21)10-17(14)23)19(27)9-13-4-7-16(22)18(24)8-13/h4-8,10,12H,3,9,11H2,1-2H3,(H,25,28)/t12-/m0/s1. The van der Waals surface area contributed by atoms with Crippen molar-refractivity contribution in [3.8, 4) is 0 Å². The summed E-state index contributed by atoms with van der Waals surface area (Å²) in [6.07, 6.45) is 0.0752. The van der Waals surface area contributed by atoms with Crippen molar-refractivity contribution in [2.45, 2.75) is 32.9 Å². The lowest BCUT2D eigenvalue weighted by Crippen LogP contribution is -2.48. The number of halogens is 4. The van der Waals surface area contributed by atoms with Crippen molar-refractivity contribution >= 4 is 58.2 Å². The number of hydrogen-bond acceptors (Lipinski definition) is 2. The van der Waals surface area contributed by atoms with Gasteiger partial charge in [-0.2, -0.15) is 0 Å². The minimum atomic E-state index is -0.679. The van der Waals surface area contributed by atoms with Crippen LogP contribution in [0, 0.1) is 0 Å². The summed E-state index contributed by atoms with van der Waals surface area (Å²) >= 11 is 24.2. The van der Waals surface area contributed by atoms with E-state index < -0.39 is 6.04 Å². The van der Waals surface area contributed by atoms with Crippen molar-refractivity contribution < 1.29 is 9.59 Å². The average Bonchev–Trinajstić information content (AvgIpc) is 2.63. The van der Waals surface area contributed by atoms with Crippen LogP contribution in [-0.4, -0.2) is 29.3 Å². The van der Waals surface area contributed by atoms with E-state index in [1.165, 1.54) is 4.90 Å². The van der Waals surface area contributed by atoms with Gasteiger partial charge in [-0.15, -0.1) is 0 Å². The van der Waals surface area contributed by atoms with Gasteiger partial charge in [-0.25, -0.2) is 0 Å². The molecular formula is C20H20Cl4N2O2. The first kappa shape index (κ1) is 22.8. The maximum atomic E-state index is 13.0. The molecule has 0 aromatic heterocycles. The van der Waals surface area contributed by atoms with Gasteiger partial charge < -0.3 is 10.2 Å². The molecule has 150 valence electrons. The molecule has 2 aromatic rings. The Balaban J connectivity index is 2.29. The summed E-state index contributed by atoms with van der Waals surface area (Å²) in [4.78, 5) is 26.9. The van der Waals surface area contributed by atoms with Gasteiger partial charge in [0, 0.05) is 23.1 Å². The Morgan fingerprint density at radius 1 is 1.00 bits per heavy atom. The molecule has 1 atom stereocenters. The van der Waals surface area contributed by atoms with E-state index in [1.54, 1.807) is 43.3 Å². The van der Waals surface area contributed by atoms with Gasteiger partial charge in [0.2, 0.25) is 11.8 Å². The van der Waals surface area contributed by atoms with Crippen molar-refractivity contribution in [1.29, 1.82) is 0 Å². The van der Waals surface area contributed by atoms with Crippen molar-refractivity contribution in [3.63, 3.8) is 0 Å². The highest BCUT2D eigenvalue weighted by molar-refractivity contribution is 6.42. The first-order chi connectivity index (χ1) is 13.2. The number of carbonyl (C=O) groups excluding carboxylic acids is 2. The van der Waals surface area contributed by atoms with Crippen LogP contribution in [0.25, 0.3) is 0 Å². The lowest BCUT2D eigenvalue weighted by atomic mass is 10.1. The molecule has 0 radical (unpaired) electrons. The molecule has 4 nitrogen and oxygen atoms in total. The second kappa shape index (κ2) is 10.4. The summed E-state index contributed by atoms with van der Waals surface area (Å²) in [6, 6.07) is 9.39. The maximum Gasteiger partial charge on any atom is 0.242 e. The molecule has 0 aliphatic heterocycles. The Morgan fingerprint density at radius 3 is 2.32 bits per heavy atom. The van der Waals surface area contributed by atoms with Crippen LogP contribution in [0.3, 0.4) is 0 Å². The highest BCUT2D eigenvalue weighted by Crippen LogP contribution is 2.25. The molecule has 2 amide bonds. The summed E-state index contributed by atoms with van der Waals surface area (Å²) in [5.74, 6) is -0.474. The van der Waals surface area contributed by atoms with Crippen molar-refractivity contribution in [2.75, 3.05) is 6.54 Å². The van der Waals surface area contributed by atoms with E-state index in [1.807, 2.05) is 6.92 Å². The van der Waals surface area contributed by atoms with E-state index in [0.29, 0.717) is 37.8 Å². The molecule has 0 bridgehead atoms. The predicted octanol–water partition coefficient (Wildman–Crippen LogP) is 5.40. The molecule has 0 unspecified atom stereocenters. The largest absolute Gasteiger partial charge is 0.355 e. The number of benzene rings is 2. The third-order valence-electron chi connectivity index (χ3n) is 4.21. The third kappa shape index (κ3) is 6.02. The first-order valence-electron chi connectivity index (χ1n) is 8.68. The van der Waals surface area contributed by atoms with Crippen LogP contribution >= 0.6 is 46.4 Å². The Bertz CT molecular complexity index is 873. The fraction of sp³-hybridized carbons (Fsp3) is 0.300. The van der Waals surface area contributed by atoms with Crippen LogP contribution in [0.2, 0.25) is 20.1 Å². The van der Waals surface area contributed by atoms with Crippen LogP contribution in [0.5, 0.6) is 0 Å². The van der Waals surface area contributed by atoms with Crippen LogP contribution in [0.4, 0.5) is 0 Å². The first-order valence-corrected chi connectivity index (χ1v) is 10.2. The fourth-order valence-electron chi connectivity index (χ4n) is 2.66. The number of likely N-dealkylation sites (N-methyl/N-ethyl adjacent to an activating group) is 1. The monoisotopic (exact) mass is 460 g/mol. The van der Waals surface area contributed by atoms with E-state index in [2.05, 4.69) is 5.32 Å². The normalized spacial score (nSPS) is 11.8. The molecule has 1 N–H and O–H groups in total. The van der Waals surface area contributed by atoms with Crippen LogP contribution in [0.1, 0.15) is 25.0 Å². The zero-order chi connectivity index (χ0) is 20.8. The van der Waals surface area contributed by atoms with Gasteiger partial charge in [0.25, 0.3) is 0 Å². The second-order valence-corrected chi connectivity index (χ2v) is 7.91. The van der Waals surface area contributed by atoms with Gasteiger partial charge in [-0.3, -0.25) is 9.59 Å².